The van der Waals surface area contributed by atoms with Crippen molar-refractivity contribution in [2.45, 2.75) is 20.5 Å². The van der Waals surface area contributed by atoms with Gasteiger partial charge in [0.05, 0.1) is 22.0 Å². The molecule has 0 amide bonds. The molecule has 1 aromatic carbocycles. The summed E-state index contributed by atoms with van der Waals surface area (Å²) in [5, 5.41) is 4.82. The molecular formula is C14H15ClN2O2. The highest BCUT2D eigenvalue weighted by molar-refractivity contribution is 6.31. The van der Waals surface area contributed by atoms with Crippen molar-refractivity contribution >= 4 is 17.9 Å². The monoisotopic (exact) mass is 278 g/mol. The van der Waals surface area contributed by atoms with E-state index in [1.807, 2.05) is 33.0 Å². The predicted molar refractivity (Wildman–Crippen MR) is 73.9 cm³/mol. The topological polar surface area (TPSA) is 44.1 Å². The average Bonchev–Trinajstić information content (AvgIpc) is 2.62. The third-order valence-electron chi connectivity index (χ3n) is 2.98. The lowest BCUT2D eigenvalue weighted by atomic mass is 10.1. The highest BCUT2D eigenvalue weighted by atomic mass is 35.5. The van der Waals surface area contributed by atoms with Gasteiger partial charge in [0.2, 0.25) is 0 Å². The summed E-state index contributed by atoms with van der Waals surface area (Å²) in [5.74, 6) is 0.590. The van der Waals surface area contributed by atoms with Crippen LogP contribution >= 0.6 is 11.6 Å². The summed E-state index contributed by atoms with van der Waals surface area (Å²) in [4.78, 5) is 11.0. The highest BCUT2D eigenvalue weighted by Crippen LogP contribution is 2.25. The summed E-state index contributed by atoms with van der Waals surface area (Å²) in [6.45, 7) is 4.02. The minimum absolute atomic E-state index is 0.280. The second-order valence-corrected chi connectivity index (χ2v) is 4.75. The fourth-order valence-corrected chi connectivity index (χ4v) is 2.16. The Kier molecular flexibility index (Phi) is 3.90. The number of halogens is 1. The maximum absolute atomic E-state index is 11.0. The van der Waals surface area contributed by atoms with Crippen LogP contribution in [0.1, 0.15) is 27.3 Å². The summed E-state index contributed by atoms with van der Waals surface area (Å²) >= 11 is 6.16. The molecule has 0 atom stereocenters. The first-order valence-electron chi connectivity index (χ1n) is 5.90. The normalized spacial score (nSPS) is 10.5. The molecule has 0 saturated carbocycles. The number of aryl methyl sites for hydroxylation is 3. The molecule has 0 N–H and O–H groups in total. The van der Waals surface area contributed by atoms with Crippen molar-refractivity contribution in [3.05, 3.63) is 45.7 Å². The summed E-state index contributed by atoms with van der Waals surface area (Å²) in [7, 11) is 1.82. The van der Waals surface area contributed by atoms with E-state index >= 15 is 0 Å². The van der Waals surface area contributed by atoms with Crippen molar-refractivity contribution in [1.29, 1.82) is 0 Å². The van der Waals surface area contributed by atoms with Crippen molar-refractivity contribution in [3.63, 3.8) is 0 Å². The first kappa shape index (κ1) is 13.6. The Morgan fingerprint density at radius 1 is 1.42 bits per heavy atom. The number of hydrogen-bond donors (Lipinski definition) is 0. The fraction of sp³-hybridized carbons (Fsp3) is 0.286. The van der Waals surface area contributed by atoms with Crippen LogP contribution in [0.4, 0.5) is 0 Å². The maximum atomic E-state index is 11.0. The summed E-state index contributed by atoms with van der Waals surface area (Å²) in [5.41, 5.74) is 3.01. The van der Waals surface area contributed by atoms with Crippen LogP contribution in [-0.2, 0) is 13.7 Å². The van der Waals surface area contributed by atoms with Crippen LogP contribution in [0, 0.1) is 13.8 Å². The van der Waals surface area contributed by atoms with Gasteiger partial charge in [-0.2, -0.15) is 5.10 Å². The number of aromatic nitrogens is 2. The zero-order valence-corrected chi connectivity index (χ0v) is 11.9. The third-order valence-corrected chi connectivity index (χ3v) is 3.48. The molecule has 5 heteroatoms. The Morgan fingerprint density at radius 2 is 2.16 bits per heavy atom. The molecule has 0 aliphatic heterocycles. The van der Waals surface area contributed by atoms with Crippen LogP contribution < -0.4 is 4.74 Å². The van der Waals surface area contributed by atoms with Gasteiger partial charge in [-0.15, -0.1) is 0 Å². The number of rotatable bonds is 4. The molecule has 0 radical (unpaired) electrons. The first-order valence-corrected chi connectivity index (χ1v) is 6.28. The SMILES string of the molecule is Cc1cccc(C=O)c1OCc1c(Cl)c(C)nn1C. The van der Waals surface area contributed by atoms with Crippen LogP contribution in [0.2, 0.25) is 5.02 Å². The smallest absolute Gasteiger partial charge is 0.153 e. The van der Waals surface area contributed by atoms with Gasteiger partial charge in [0.1, 0.15) is 12.4 Å². The summed E-state index contributed by atoms with van der Waals surface area (Å²) in [6.07, 6.45) is 0.790. The number of benzene rings is 1. The Morgan fingerprint density at radius 3 is 2.74 bits per heavy atom. The quantitative estimate of drug-likeness (QED) is 0.807. The molecule has 0 saturated heterocycles. The van der Waals surface area contributed by atoms with Crippen LogP contribution in [0.15, 0.2) is 18.2 Å². The Bertz CT molecular complexity index is 620. The van der Waals surface area contributed by atoms with Crippen LogP contribution in [0.25, 0.3) is 0 Å². The second-order valence-electron chi connectivity index (χ2n) is 4.37. The molecule has 1 heterocycles. The molecule has 0 unspecified atom stereocenters. The second kappa shape index (κ2) is 5.45. The maximum Gasteiger partial charge on any atom is 0.153 e. The lowest BCUT2D eigenvalue weighted by Gasteiger charge is -2.11. The number of hydrogen-bond acceptors (Lipinski definition) is 3. The van der Waals surface area contributed by atoms with Crippen molar-refractivity contribution in [3.8, 4) is 5.75 Å². The van der Waals surface area contributed by atoms with Crippen molar-refractivity contribution in [1.82, 2.24) is 9.78 Å². The number of aldehydes is 1. The number of nitrogens with zero attached hydrogens (tertiary/aromatic N) is 2. The van der Waals surface area contributed by atoms with E-state index in [4.69, 9.17) is 16.3 Å². The van der Waals surface area contributed by atoms with Gasteiger partial charge >= 0.3 is 0 Å². The van der Waals surface area contributed by atoms with E-state index in [2.05, 4.69) is 5.10 Å². The largest absolute Gasteiger partial charge is 0.486 e. The molecule has 2 aromatic rings. The number of carbonyl (C=O) groups is 1. The molecular weight excluding hydrogens is 264 g/mol. The molecule has 2 rings (SSSR count). The number of para-hydroxylation sites is 1. The average molecular weight is 279 g/mol. The number of carbonyl (C=O) groups excluding carboxylic acids is 1. The van der Waals surface area contributed by atoms with Crippen molar-refractivity contribution in [2.24, 2.45) is 7.05 Å². The Labute approximate surface area is 116 Å². The van der Waals surface area contributed by atoms with Gasteiger partial charge in [0.25, 0.3) is 0 Å². The fourth-order valence-electron chi connectivity index (χ4n) is 1.94. The lowest BCUT2D eigenvalue weighted by Crippen LogP contribution is -2.05. The van der Waals surface area contributed by atoms with Gasteiger partial charge in [0, 0.05) is 7.05 Å². The van der Waals surface area contributed by atoms with E-state index in [0.717, 1.165) is 23.2 Å². The van der Waals surface area contributed by atoms with E-state index in [9.17, 15) is 4.79 Å². The minimum Gasteiger partial charge on any atom is -0.486 e. The third kappa shape index (κ3) is 2.63. The predicted octanol–water partition coefficient (Wildman–Crippen LogP) is 3.08. The van der Waals surface area contributed by atoms with E-state index in [0.29, 0.717) is 16.3 Å². The van der Waals surface area contributed by atoms with Crippen LogP contribution in [-0.4, -0.2) is 16.1 Å². The molecule has 19 heavy (non-hydrogen) atoms. The van der Waals surface area contributed by atoms with Gasteiger partial charge in [-0.3, -0.25) is 9.48 Å². The first-order chi connectivity index (χ1) is 9.04. The van der Waals surface area contributed by atoms with E-state index in [1.54, 1.807) is 10.7 Å². The van der Waals surface area contributed by atoms with Gasteiger partial charge in [-0.25, -0.2) is 0 Å². The zero-order chi connectivity index (χ0) is 14.0. The molecule has 1 aromatic heterocycles. The standard InChI is InChI=1S/C14H15ClN2O2/c1-9-5-4-6-11(7-18)14(9)19-8-12-13(15)10(2)16-17(12)3/h4-7H,8H2,1-3H3. The van der Waals surface area contributed by atoms with Crippen LogP contribution in [0.3, 0.4) is 0 Å². The Hall–Kier alpha value is -1.81. The minimum atomic E-state index is 0.280. The van der Waals surface area contributed by atoms with Crippen molar-refractivity contribution < 1.29 is 9.53 Å². The molecule has 0 fully saturated rings. The Balaban J connectivity index is 2.26. The van der Waals surface area contributed by atoms with Crippen LogP contribution in [0.5, 0.6) is 5.75 Å². The van der Waals surface area contributed by atoms with E-state index < -0.39 is 0 Å². The molecule has 100 valence electrons. The molecule has 0 spiro atoms. The van der Waals surface area contributed by atoms with Gasteiger partial charge < -0.3 is 4.74 Å². The molecule has 0 bridgehead atoms. The van der Waals surface area contributed by atoms with Gasteiger partial charge in [-0.1, -0.05) is 23.7 Å². The van der Waals surface area contributed by atoms with E-state index in [1.165, 1.54) is 0 Å². The van der Waals surface area contributed by atoms with Crippen molar-refractivity contribution in [2.75, 3.05) is 0 Å². The molecule has 0 aliphatic carbocycles. The molecule has 4 nitrogen and oxygen atoms in total. The molecule has 0 aliphatic rings. The van der Waals surface area contributed by atoms with Gasteiger partial charge in [-0.05, 0) is 25.5 Å². The lowest BCUT2D eigenvalue weighted by molar-refractivity contribution is 0.111. The summed E-state index contributed by atoms with van der Waals surface area (Å²) in [6, 6.07) is 5.46. The number of ether oxygens (including phenoxy) is 1. The summed E-state index contributed by atoms with van der Waals surface area (Å²) < 4.78 is 7.43. The van der Waals surface area contributed by atoms with Gasteiger partial charge in [0.15, 0.2) is 6.29 Å². The van der Waals surface area contributed by atoms with E-state index in [-0.39, 0.29) is 6.61 Å². The highest BCUT2D eigenvalue weighted by Gasteiger charge is 2.13. The zero-order valence-electron chi connectivity index (χ0n) is 11.1.